The third-order valence-electron chi connectivity index (χ3n) is 4.64. The molecule has 3 heterocycles. The Kier molecular flexibility index (Phi) is 5.47. The van der Waals surface area contributed by atoms with Crippen LogP contribution in [-0.2, 0) is 20.9 Å². The average molecular weight is 335 g/mol. The normalized spacial score (nSPS) is 21.8. The second-order valence-corrected chi connectivity index (χ2v) is 6.19. The predicted octanol–water partition coefficient (Wildman–Crippen LogP) is -0.759. The molecule has 24 heavy (non-hydrogen) atoms. The lowest BCUT2D eigenvalue weighted by atomic mass is 10.1. The quantitative estimate of drug-likeness (QED) is 0.782. The van der Waals surface area contributed by atoms with Crippen LogP contribution in [0.3, 0.4) is 0 Å². The van der Waals surface area contributed by atoms with Gasteiger partial charge in [-0.1, -0.05) is 0 Å². The van der Waals surface area contributed by atoms with E-state index in [2.05, 4.69) is 10.4 Å². The summed E-state index contributed by atoms with van der Waals surface area (Å²) in [4.78, 5) is 29.0. The molecule has 2 aliphatic heterocycles. The van der Waals surface area contributed by atoms with Crippen molar-refractivity contribution < 1.29 is 14.3 Å². The second-order valence-electron chi connectivity index (χ2n) is 6.19. The van der Waals surface area contributed by atoms with E-state index in [0.29, 0.717) is 52.4 Å². The smallest absolute Gasteiger partial charge is 0.246 e. The molecule has 8 heteroatoms. The van der Waals surface area contributed by atoms with E-state index in [1.54, 1.807) is 16.0 Å². The van der Waals surface area contributed by atoms with E-state index in [4.69, 9.17) is 4.74 Å². The number of carbonyl (C=O) groups excluding carboxylic acids is 2. The van der Waals surface area contributed by atoms with Crippen molar-refractivity contribution in [3.63, 3.8) is 0 Å². The zero-order chi connectivity index (χ0) is 16.9. The molecule has 1 aromatic rings. The van der Waals surface area contributed by atoms with E-state index in [-0.39, 0.29) is 11.8 Å². The predicted molar refractivity (Wildman–Crippen MR) is 87.4 cm³/mol. The van der Waals surface area contributed by atoms with Gasteiger partial charge in [0.1, 0.15) is 6.04 Å². The van der Waals surface area contributed by atoms with Gasteiger partial charge >= 0.3 is 0 Å². The van der Waals surface area contributed by atoms with Crippen LogP contribution in [-0.4, -0.2) is 83.4 Å². The molecule has 0 unspecified atom stereocenters. The Hall–Kier alpha value is -1.93. The van der Waals surface area contributed by atoms with Crippen LogP contribution < -0.4 is 5.32 Å². The minimum atomic E-state index is -0.414. The van der Waals surface area contributed by atoms with Crippen LogP contribution in [0.1, 0.15) is 12.1 Å². The number of nitrogens with one attached hydrogen (secondary N) is 1. The van der Waals surface area contributed by atoms with Crippen molar-refractivity contribution in [2.45, 2.75) is 25.9 Å². The molecule has 0 radical (unpaired) electrons. The summed E-state index contributed by atoms with van der Waals surface area (Å²) < 4.78 is 7.12. The monoisotopic (exact) mass is 335 g/mol. The van der Waals surface area contributed by atoms with E-state index in [9.17, 15) is 9.59 Å². The highest BCUT2D eigenvalue weighted by molar-refractivity contribution is 5.88. The number of piperazine rings is 1. The van der Waals surface area contributed by atoms with Crippen molar-refractivity contribution in [2.75, 3.05) is 45.9 Å². The molecule has 2 saturated heterocycles. The van der Waals surface area contributed by atoms with Gasteiger partial charge in [0.05, 0.1) is 13.2 Å². The maximum absolute atomic E-state index is 12.8. The van der Waals surface area contributed by atoms with Gasteiger partial charge in [-0.3, -0.25) is 14.3 Å². The summed E-state index contributed by atoms with van der Waals surface area (Å²) in [6.07, 6.45) is 2.09. The van der Waals surface area contributed by atoms with E-state index in [1.165, 1.54) is 0 Å². The Bertz CT molecular complexity index is 582. The minimum Gasteiger partial charge on any atom is -0.378 e. The highest BCUT2D eigenvalue weighted by atomic mass is 16.5. The Morgan fingerprint density at radius 1 is 1.33 bits per heavy atom. The molecule has 0 spiro atoms. The Morgan fingerprint density at radius 3 is 2.83 bits per heavy atom. The largest absolute Gasteiger partial charge is 0.378 e. The van der Waals surface area contributed by atoms with Crippen molar-refractivity contribution >= 4 is 11.8 Å². The fourth-order valence-electron chi connectivity index (χ4n) is 3.20. The number of hydrogen-bond donors (Lipinski definition) is 1. The topological polar surface area (TPSA) is 79.7 Å². The molecule has 0 bridgehead atoms. The number of ether oxygens (including phenoxy) is 1. The van der Waals surface area contributed by atoms with Gasteiger partial charge in [-0.2, -0.15) is 5.10 Å². The van der Waals surface area contributed by atoms with E-state index < -0.39 is 6.04 Å². The fraction of sp³-hybridized carbons (Fsp3) is 0.688. The summed E-state index contributed by atoms with van der Waals surface area (Å²) in [5.41, 5.74) is 1.03. The number of morpholine rings is 1. The summed E-state index contributed by atoms with van der Waals surface area (Å²) in [5.74, 6) is 0.0344. The first-order chi connectivity index (χ1) is 11.7. The maximum atomic E-state index is 12.8. The lowest BCUT2D eigenvalue weighted by Crippen LogP contribution is -2.61. The molecule has 2 amide bonds. The summed E-state index contributed by atoms with van der Waals surface area (Å²) in [6.45, 7) is 6.65. The van der Waals surface area contributed by atoms with Gasteiger partial charge < -0.3 is 19.9 Å². The van der Waals surface area contributed by atoms with Gasteiger partial charge in [0.2, 0.25) is 11.8 Å². The number of aryl methyl sites for hydroxylation is 2. The van der Waals surface area contributed by atoms with Crippen molar-refractivity contribution in [1.29, 1.82) is 0 Å². The molecule has 8 nitrogen and oxygen atoms in total. The van der Waals surface area contributed by atoms with E-state index in [0.717, 1.165) is 12.2 Å². The Labute approximate surface area is 141 Å². The van der Waals surface area contributed by atoms with Crippen LogP contribution >= 0.6 is 0 Å². The molecule has 132 valence electrons. The highest BCUT2D eigenvalue weighted by Crippen LogP contribution is 2.12. The summed E-state index contributed by atoms with van der Waals surface area (Å²) in [6, 6.07) is 1.50. The van der Waals surface area contributed by atoms with Gasteiger partial charge in [0.15, 0.2) is 0 Å². The second kappa shape index (κ2) is 7.76. The van der Waals surface area contributed by atoms with Crippen LogP contribution in [0.15, 0.2) is 12.3 Å². The van der Waals surface area contributed by atoms with Gasteiger partial charge in [0, 0.05) is 57.6 Å². The van der Waals surface area contributed by atoms with Crippen molar-refractivity contribution in [3.8, 4) is 0 Å². The Balaban J connectivity index is 1.61. The molecule has 0 aliphatic carbocycles. The first-order valence-corrected chi connectivity index (χ1v) is 8.52. The summed E-state index contributed by atoms with van der Waals surface area (Å²) in [7, 11) is 0. The number of rotatable bonds is 4. The van der Waals surface area contributed by atoms with Crippen LogP contribution in [0.5, 0.6) is 0 Å². The first-order valence-electron chi connectivity index (χ1n) is 8.52. The zero-order valence-corrected chi connectivity index (χ0v) is 14.1. The number of carbonyl (C=O) groups is 2. The standard InChI is InChI=1S/C16H25N5O3/c1-13-2-4-18-21(13)6-3-15(22)20-7-5-17-12-14(20)16(23)19-8-10-24-11-9-19/h2,4,14,17H,3,5-12H2,1H3/t14-/m0/s1. The lowest BCUT2D eigenvalue weighted by molar-refractivity contribution is -0.149. The van der Waals surface area contributed by atoms with Crippen molar-refractivity contribution in [3.05, 3.63) is 18.0 Å². The zero-order valence-electron chi connectivity index (χ0n) is 14.1. The lowest BCUT2D eigenvalue weighted by Gasteiger charge is -2.39. The molecule has 2 aliphatic rings. The molecule has 2 fully saturated rings. The van der Waals surface area contributed by atoms with Crippen LogP contribution in [0.4, 0.5) is 0 Å². The summed E-state index contributed by atoms with van der Waals surface area (Å²) >= 11 is 0. The highest BCUT2D eigenvalue weighted by Gasteiger charge is 2.35. The fourth-order valence-corrected chi connectivity index (χ4v) is 3.20. The van der Waals surface area contributed by atoms with E-state index >= 15 is 0 Å². The molecule has 0 aromatic carbocycles. The van der Waals surface area contributed by atoms with Gasteiger partial charge in [-0.05, 0) is 13.0 Å². The van der Waals surface area contributed by atoms with Crippen LogP contribution in [0.2, 0.25) is 0 Å². The molecule has 1 aromatic heterocycles. The molecular weight excluding hydrogens is 310 g/mol. The van der Waals surface area contributed by atoms with Crippen molar-refractivity contribution in [2.24, 2.45) is 0 Å². The molecule has 1 N–H and O–H groups in total. The van der Waals surface area contributed by atoms with E-state index in [1.807, 2.05) is 17.7 Å². The first kappa shape index (κ1) is 16.9. The molecular formula is C16H25N5O3. The van der Waals surface area contributed by atoms with Crippen molar-refractivity contribution in [1.82, 2.24) is 24.9 Å². The SMILES string of the molecule is Cc1ccnn1CCC(=O)N1CCNC[C@H]1C(=O)N1CCOCC1. The number of nitrogens with zero attached hydrogens (tertiary/aromatic N) is 4. The van der Waals surface area contributed by atoms with Gasteiger partial charge in [-0.15, -0.1) is 0 Å². The van der Waals surface area contributed by atoms with Gasteiger partial charge in [-0.25, -0.2) is 0 Å². The molecule has 3 rings (SSSR count). The average Bonchev–Trinajstić information content (AvgIpc) is 3.05. The maximum Gasteiger partial charge on any atom is 0.246 e. The molecule has 0 saturated carbocycles. The number of amides is 2. The minimum absolute atomic E-state index is 0.0120. The third kappa shape index (κ3) is 3.76. The van der Waals surface area contributed by atoms with Gasteiger partial charge in [0.25, 0.3) is 0 Å². The Morgan fingerprint density at radius 2 is 2.12 bits per heavy atom. The third-order valence-corrected chi connectivity index (χ3v) is 4.64. The van der Waals surface area contributed by atoms with Crippen LogP contribution in [0, 0.1) is 6.92 Å². The van der Waals surface area contributed by atoms with Crippen LogP contribution in [0.25, 0.3) is 0 Å². The number of aromatic nitrogens is 2. The number of hydrogen-bond acceptors (Lipinski definition) is 5. The summed E-state index contributed by atoms with van der Waals surface area (Å²) in [5, 5.41) is 7.43. The molecule has 1 atom stereocenters.